The third kappa shape index (κ3) is 6.43. The number of rotatable bonds is 9. The molecule has 1 aliphatic rings. The number of hydrogen-bond acceptors (Lipinski definition) is 4. The third-order valence-corrected chi connectivity index (χ3v) is 5.44. The van der Waals surface area contributed by atoms with Crippen molar-refractivity contribution in [2.45, 2.75) is 45.7 Å². The van der Waals surface area contributed by atoms with Gasteiger partial charge in [0.25, 0.3) is 5.91 Å². The van der Waals surface area contributed by atoms with Gasteiger partial charge >= 0.3 is 0 Å². The summed E-state index contributed by atoms with van der Waals surface area (Å²) >= 11 is 0. The quantitative estimate of drug-likeness (QED) is 0.710. The first kappa shape index (κ1) is 21.1. The molecule has 29 heavy (non-hydrogen) atoms. The van der Waals surface area contributed by atoms with E-state index in [2.05, 4.69) is 41.4 Å². The van der Waals surface area contributed by atoms with E-state index in [4.69, 9.17) is 4.74 Å². The minimum absolute atomic E-state index is 0.00233. The van der Waals surface area contributed by atoms with Gasteiger partial charge in [0, 0.05) is 32.1 Å². The monoisotopic (exact) mass is 394 g/mol. The number of carbonyl (C=O) groups is 2. The number of ether oxygens (including phenoxy) is 1. The molecule has 0 radical (unpaired) electrons. The van der Waals surface area contributed by atoms with Crippen LogP contribution in [-0.4, -0.2) is 42.3 Å². The summed E-state index contributed by atoms with van der Waals surface area (Å²) in [4.78, 5) is 25.6. The van der Waals surface area contributed by atoms with E-state index in [0.717, 1.165) is 31.5 Å². The topological polar surface area (TPSA) is 58.6 Å². The van der Waals surface area contributed by atoms with Crippen LogP contribution >= 0.6 is 0 Å². The first-order valence-electron chi connectivity index (χ1n) is 10.3. The molecule has 2 aromatic carbocycles. The van der Waals surface area contributed by atoms with E-state index >= 15 is 0 Å². The van der Waals surface area contributed by atoms with Crippen molar-refractivity contribution < 1.29 is 14.3 Å². The van der Waals surface area contributed by atoms with E-state index in [0.29, 0.717) is 18.7 Å². The van der Waals surface area contributed by atoms with Crippen LogP contribution in [0.5, 0.6) is 5.75 Å². The molecular formula is C24H30N2O3. The molecule has 0 saturated heterocycles. The van der Waals surface area contributed by atoms with Crippen LogP contribution in [0, 0.1) is 0 Å². The predicted octanol–water partition coefficient (Wildman–Crippen LogP) is 3.15. The van der Waals surface area contributed by atoms with Crippen molar-refractivity contribution in [2.24, 2.45) is 0 Å². The number of ketones is 1. The molecular weight excluding hydrogens is 364 g/mol. The molecule has 0 bridgehead atoms. The zero-order valence-electron chi connectivity index (χ0n) is 17.3. The number of aryl methyl sites for hydroxylation is 1. The first-order valence-corrected chi connectivity index (χ1v) is 10.3. The Bertz CT molecular complexity index is 832. The molecule has 0 unspecified atom stereocenters. The zero-order valence-corrected chi connectivity index (χ0v) is 17.3. The van der Waals surface area contributed by atoms with Crippen LogP contribution in [-0.2, 0) is 29.0 Å². The fourth-order valence-corrected chi connectivity index (χ4v) is 3.56. The number of fused-ring (bicyclic) bond motifs is 1. The number of hydrogen-bond donors (Lipinski definition) is 1. The number of amides is 1. The van der Waals surface area contributed by atoms with Crippen LogP contribution in [0.2, 0.25) is 0 Å². The van der Waals surface area contributed by atoms with Gasteiger partial charge in [0.1, 0.15) is 11.5 Å². The van der Waals surface area contributed by atoms with E-state index < -0.39 is 0 Å². The Balaban J connectivity index is 1.38. The fourth-order valence-electron chi connectivity index (χ4n) is 3.56. The third-order valence-electron chi connectivity index (χ3n) is 5.44. The molecule has 0 spiro atoms. The minimum atomic E-state index is -0.116. The van der Waals surface area contributed by atoms with Crippen LogP contribution in [0.15, 0.2) is 48.5 Å². The highest BCUT2D eigenvalue weighted by molar-refractivity contribution is 5.77. The molecule has 1 atom stereocenters. The maximum absolute atomic E-state index is 12.2. The molecule has 0 saturated carbocycles. The average Bonchev–Trinajstić information content (AvgIpc) is 2.74. The second-order valence-corrected chi connectivity index (χ2v) is 7.78. The lowest BCUT2D eigenvalue weighted by Gasteiger charge is -2.33. The molecule has 1 aliphatic heterocycles. The zero-order chi connectivity index (χ0) is 20.6. The Morgan fingerprint density at radius 3 is 2.55 bits per heavy atom. The molecule has 2 aromatic rings. The first-order chi connectivity index (χ1) is 14.0. The van der Waals surface area contributed by atoms with E-state index in [1.54, 1.807) is 6.92 Å². The molecule has 1 N–H and O–H groups in total. The van der Waals surface area contributed by atoms with Gasteiger partial charge in [-0.15, -0.1) is 0 Å². The van der Waals surface area contributed by atoms with Gasteiger partial charge in [-0.25, -0.2) is 0 Å². The lowest BCUT2D eigenvalue weighted by atomic mass is 9.99. The van der Waals surface area contributed by atoms with E-state index in [1.807, 2.05) is 24.3 Å². The van der Waals surface area contributed by atoms with Crippen molar-refractivity contribution in [2.75, 3.05) is 19.7 Å². The number of Topliss-reactive ketones (excluding diaryl/α,β-unsaturated/α-hetero) is 1. The molecule has 5 heteroatoms. The predicted molar refractivity (Wildman–Crippen MR) is 114 cm³/mol. The summed E-state index contributed by atoms with van der Waals surface area (Å²) in [6.45, 7) is 6.30. The fraction of sp³-hybridized carbons (Fsp3) is 0.417. The van der Waals surface area contributed by atoms with Crippen molar-refractivity contribution >= 4 is 11.7 Å². The van der Waals surface area contributed by atoms with Crippen LogP contribution in [0.25, 0.3) is 0 Å². The van der Waals surface area contributed by atoms with Gasteiger partial charge in [0.2, 0.25) is 0 Å². The van der Waals surface area contributed by atoms with Crippen molar-refractivity contribution in [3.63, 3.8) is 0 Å². The van der Waals surface area contributed by atoms with Crippen LogP contribution in [0.3, 0.4) is 0 Å². The van der Waals surface area contributed by atoms with E-state index in [1.165, 1.54) is 11.1 Å². The van der Waals surface area contributed by atoms with Gasteiger partial charge in [-0.2, -0.15) is 0 Å². The van der Waals surface area contributed by atoms with Gasteiger partial charge < -0.3 is 14.8 Å². The molecule has 154 valence electrons. The van der Waals surface area contributed by atoms with Gasteiger partial charge in [-0.05, 0) is 55.5 Å². The maximum Gasteiger partial charge on any atom is 0.257 e. The van der Waals surface area contributed by atoms with E-state index in [9.17, 15) is 9.59 Å². The highest BCUT2D eigenvalue weighted by atomic mass is 16.5. The second kappa shape index (κ2) is 10.2. The smallest absolute Gasteiger partial charge is 0.257 e. The normalized spacial score (nSPS) is 14.7. The number of benzene rings is 2. The molecule has 5 nitrogen and oxygen atoms in total. The number of carbonyl (C=O) groups excluding carboxylic acids is 2. The summed E-state index contributed by atoms with van der Waals surface area (Å²) in [5.74, 6) is 0.729. The second-order valence-electron chi connectivity index (χ2n) is 7.78. The van der Waals surface area contributed by atoms with Crippen LogP contribution in [0.1, 0.15) is 37.0 Å². The van der Waals surface area contributed by atoms with Crippen LogP contribution in [0.4, 0.5) is 0 Å². The highest BCUT2D eigenvalue weighted by Gasteiger charge is 2.20. The Morgan fingerprint density at radius 2 is 1.83 bits per heavy atom. The standard InChI is InChI=1S/C24H30N2O3/c1-18(26-14-13-21-5-3-4-6-22(21)16-26)15-25-24(28)17-29-23-11-9-20(10-12-23)8-7-19(2)27/h3-6,9-12,18H,7-8,13-17H2,1-2H3,(H,25,28)/t18-/m1/s1. The molecule has 0 fully saturated rings. The van der Waals surface area contributed by atoms with Crippen molar-refractivity contribution in [1.82, 2.24) is 10.2 Å². The largest absolute Gasteiger partial charge is 0.484 e. The average molecular weight is 395 g/mol. The van der Waals surface area contributed by atoms with E-state index in [-0.39, 0.29) is 24.3 Å². The lowest BCUT2D eigenvalue weighted by Crippen LogP contribution is -2.45. The summed E-state index contributed by atoms with van der Waals surface area (Å²) < 4.78 is 5.58. The Hall–Kier alpha value is -2.66. The van der Waals surface area contributed by atoms with Crippen molar-refractivity contribution in [3.8, 4) is 5.75 Å². The lowest BCUT2D eigenvalue weighted by molar-refractivity contribution is -0.123. The van der Waals surface area contributed by atoms with Crippen LogP contribution < -0.4 is 10.1 Å². The molecule has 1 heterocycles. The van der Waals surface area contributed by atoms with Gasteiger partial charge in [-0.3, -0.25) is 9.69 Å². The minimum Gasteiger partial charge on any atom is -0.484 e. The Morgan fingerprint density at radius 1 is 1.10 bits per heavy atom. The van der Waals surface area contributed by atoms with Gasteiger partial charge in [0.05, 0.1) is 0 Å². The Kier molecular flexibility index (Phi) is 7.42. The molecule has 1 amide bonds. The van der Waals surface area contributed by atoms with Crippen molar-refractivity contribution in [3.05, 3.63) is 65.2 Å². The SMILES string of the molecule is CC(=O)CCc1ccc(OCC(=O)NC[C@@H](C)N2CCc3ccccc3C2)cc1. The number of nitrogens with zero attached hydrogens (tertiary/aromatic N) is 1. The maximum atomic E-state index is 12.2. The molecule has 0 aliphatic carbocycles. The summed E-state index contributed by atoms with van der Waals surface area (Å²) in [5, 5.41) is 2.98. The highest BCUT2D eigenvalue weighted by Crippen LogP contribution is 2.20. The van der Waals surface area contributed by atoms with Gasteiger partial charge in [0.15, 0.2) is 6.61 Å². The number of nitrogens with one attached hydrogen (secondary N) is 1. The summed E-state index contributed by atoms with van der Waals surface area (Å²) in [7, 11) is 0. The molecule has 0 aromatic heterocycles. The summed E-state index contributed by atoms with van der Waals surface area (Å²) in [6, 6.07) is 16.4. The Labute approximate surface area is 173 Å². The summed E-state index contributed by atoms with van der Waals surface area (Å²) in [6.07, 6.45) is 2.33. The summed E-state index contributed by atoms with van der Waals surface area (Å²) in [5.41, 5.74) is 3.90. The molecule has 3 rings (SSSR count). The van der Waals surface area contributed by atoms with Crippen molar-refractivity contribution in [1.29, 1.82) is 0 Å². The van der Waals surface area contributed by atoms with Gasteiger partial charge in [-0.1, -0.05) is 36.4 Å².